The molecule has 44 heavy (non-hydrogen) atoms. The van der Waals surface area contributed by atoms with Crippen LogP contribution in [0.1, 0.15) is 55.6 Å². The maximum absolute atomic E-state index is 3.70. The second-order valence-corrected chi connectivity index (χ2v) is 13.2. The predicted molar refractivity (Wildman–Crippen MR) is 188 cm³/mol. The Bertz CT molecular complexity index is 1530. The van der Waals surface area contributed by atoms with E-state index in [2.05, 4.69) is 151 Å². The molecule has 4 nitrogen and oxygen atoms in total. The Kier molecular flexibility index (Phi) is 7.90. The summed E-state index contributed by atoms with van der Waals surface area (Å²) in [6.07, 6.45) is 0. The van der Waals surface area contributed by atoms with E-state index in [9.17, 15) is 0 Å². The maximum atomic E-state index is 3.70. The van der Waals surface area contributed by atoms with Gasteiger partial charge in [0.1, 0.15) is 0 Å². The van der Waals surface area contributed by atoms with Crippen LogP contribution >= 0.6 is 0 Å². The zero-order valence-corrected chi connectivity index (χ0v) is 28.2. The third kappa shape index (κ3) is 5.44. The first-order valence-corrected chi connectivity index (χ1v) is 15.9. The highest BCUT2D eigenvalue weighted by Gasteiger charge is 2.29. The Morgan fingerprint density at radius 2 is 0.545 bits per heavy atom. The van der Waals surface area contributed by atoms with Gasteiger partial charge in [0, 0.05) is 48.9 Å². The molecule has 0 aliphatic carbocycles. The van der Waals surface area contributed by atoms with Gasteiger partial charge in [0.15, 0.2) is 0 Å². The van der Waals surface area contributed by atoms with Crippen molar-refractivity contribution >= 4 is 22.7 Å². The summed E-state index contributed by atoms with van der Waals surface area (Å²) in [6.45, 7) is 33.3. The molecule has 0 spiro atoms. The van der Waals surface area contributed by atoms with Crippen LogP contribution in [0.4, 0.5) is 22.7 Å². The molecule has 0 unspecified atom stereocenters. The van der Waals surface area contributed by atoms with Crippen molar-refractivity contribution < 1.29 is 0 Å². The monoisotopic (exact) mass is 582 g/mol. The van der Waals surface area contributed by atoms with Gasteiger partial charge in [0.2, 0.25) is 13.3 Å². The molecule has 0 amide bonds. The van der Waals surface area contributed by atoms with Crippen molar-refractivity contribution in [3.63, 3.8) is 0 Å². The topological polar surface area (TPSA) is 13.0 Å². The first-order chi connectivity index (χ1) is 20.9. The van der Waals surface area contributed by atoms with Crippen molar-refractivity contribution in [3.05, 3.63) is 118 Å². The summed E-state index contributed by atoms with van der Waals surface area (Å²) >= 11 is 0. The lowest BCUT2D eigenvalue weighted by atomic mass is 9.94. The Morgan fingerprint density at radius 1 is 0.341 bits per heavy atom. The van der Waals surface area contributed by atoms with E-state index >= 15 is 0 Å². The highest BCUT2D eigenvalue weighted by atomic mass is 15.4. The van der Waals surface area contributed by atoms with Crippen LogP contribution in [-0.2, 0) is 0 Å². The normalized spacial score (nSPS) is 15.2. The van der Waals surface area contributed by atoms with Crippen LogP contribution < -0.4 is 19.6 Å². The number of hydrogen-bond acceptors (Lipinski definition) is 4. The molecule has 4 aromatic carbocycles. The smallest absolute Gasteiger partial charge is 0.208 e. The molecule has 0 aromatic heterocycles. The molecule has 2 aliphatic heterocycles. The van der Waals surface area contributed by atoms with Crippen LogP contribution in [0, 0.1) is 82.6 Å². The van der Waals surface area contributed by atoms with Gasteiger partial charge < -0.3 is 19.6 Å². The van der Waals surface area contributed by atoms with Crippen LogP contribution in [0.5, 0.6) is 0 Å². The average Bonchev–Trinajstić information content (AvgIpc) is 3.57. The fourth-order valence-electron chi connectivity index (χ4n) is 7.83. The third-order valence-electron chi connectivity index (χ3n) is 9.24. The zero-order valence-electron chi connectivity index (χ0n) is 28.2. The molecule has 2 saturated heterocycles. The molecule has 226 valence electrons. The van der Waals surface area contributed by atoms with Gasteiger partial charge in [-0.15, -0.1) is 0 Å². The van der Waals surface area contributed by atoms with Gasteiger partial charge in [-0.05, 0) is 149 Å². The van der Waals surface area contributed by atoms with E-state index in [0.29, 0.717) is 0 Å². The quantitative estimate of drug-likeness (QED) is 0.233. The molecule has 4 heteroatoms. The molecule has 4 radical (unpaired) electrons. The fraction of sp³-hybridized carbons (Fsp3) is 0.350. The average molecular weight is 583 g/mol. The van der Waals surface area contributed by atoms with Gasteiger partial charge in [-0.2, -0.15) is 0 Å². The fourth-order valence-corrected chi connectivity index (χ4v) is 7.83. The molecular formula is C40H46N4. The molecule has 2 aliphatic rings. The molecule has 4 aromatic rings. The van der Waals surface area contributed by atoms with Gasteiger partial charge in [-0.3, -0.25) is 0 Å². The number of anilines is 4. The Labute approximate surface area is 265 Å². The first-order valence-electron chi connectivity index (χ1n) is 15.9. The van der Waals surface area contributed by atoms with E-state index in [-0.39, 0.29) is 0 Å². The summed E-state index contributed by atoms with van der Waals surface area (Å²) in [4.78, 5) is 9.23. The van der Waals surface area contributed by atoms with Gasteiger partial charge in [0.05, 0.1) is 0 Å². The predicted octanol–water partition coefficient (Wildman–Crippen LogP) is 9.08. The minimum absolute atomic E-state index is 0.933. The van der Waals surface area contributed by atoms with E-state index in [4.69, 9.17) is 0 Å². The summed E-state index contributed by atoms with van der Waals surface area (Å²) in [5, 5.41) is 0. The number of benzene rings is 4. The van der Waals surface area contributed by atoms with Crippen LogP contribution in [0.25, 0.3) is 11.1 Å². The lowest BCUT2D eigenvalue weighted by Crippen LogP contribution is -2.21. The van der Waals surface area contributed by atoms with Crippen molar-refractivity contribution in [2.24, 2.45) is 0 Å². The van der Waals surface area contributed by atoms with Gasteiger partial charge >= 0.3 is 0 Å². The molecule has 0 saturated carbocycles. The Balaban J connectivity index is 1.23. The Hall–Kier alpha value is -3.92. The molecule has 2 fully saturated rings. The van der Waals surface area contributed by atoms with Crippen molar-refractivity contribution in [2.75, 3.05) is 45.8 Å². The van der Waals surface area contributed by atoms with Crippen molar-refractivity contribution in [1.82, 2.24) is 0 Å². The summed E-state index contributed by atoms with van der Waals surface area (Å²) < 4.78 is 0. The second kappa shape index (κ2) is 11.5. The van der Waals surface area contributed by atoms with Crippen LogP contribution in [-0.4, -0.2) is 26.2 Å². The van der Waals surface area contributed by atoms with E-state index in [1.54, 1.807) is 0 Å². The van der Waals surface area contributed by atoms with E-state index < -0.39 is 0 Å². The SMILES string of the molecule is Cc1cc(C)c(N2[C]N(c3c(C)cc(-c4cc(C)c(N5[C]N(c6c(C)cc(C)cc6C)CC5)c(C)c4)cc3C)CC2)c(C)c1. The maximum Gasteiger partial charge on any atom is 0.208 e. The molecule has 0 atom stereocenters. The van der Waals surface area contributed by atoms with E-state index in [1.165, 1.54) is 89.5 Å². The minimum Gasteiger partial charge on any atom is -0.339 e. The van der Waals surface area contributed by atoms with E-state index in [0.717, 1.165) is 26.2 Å². The zero-order chi connectivity index (χ0) is 31.4. The lowest BCUT2D eigenvalue weighted by molar-refractivity contribution is 1.01. The number of rotatable bonds is 5. The summed E-state index contributed by atoms with van der Waals surface area (Å²) in [5.74, 6) is 0. The van der Waals surface area contributed by atoms with Gasteiger partial charge in [-0.1, -0.05) is 35.4 Å². The molecular weight excluding hydrogens is 536 g/mol. The highest BCUT2D eigenvalue weighted by Crippen LogP contribution is 2.39. The third-order valence-corrected chi connectivity index (χ3v) is 9.24. The summed E-state index contributed by atoms with van der Waals surface area (Å²) in [5.41, 5.74) is 20.7. The lowest BCUT2D eigenvalue weighted by Gasteiger charge is -2.26. The van der Waals surface area contributed by atoms with Gasteiger partial charge in [0.25, 0.3) is 0 Å². The highest BCUT2D eigenvalue weighted by molar-refractivity contribution is 5.78. The first kappa shape index (κ1) is 30.1. The molecule has 0 bridgehead atoms. The second-order valence-electron chi connectivity index (χ2n) is 13.2. The largest absolute Gasteiger partial charge is 0.339 e. The number of nitrogens with zero attached hydrogens (tertiary/aromatic N) is 4. The molecule has 0 N–H and O–H groups in total. The summed E-state index contributed by atoms with van der Waals surface area (Å²) in [6, 6.07) is 18.5. The number of aryl methyl sites for hydroxylation is 10. The van der Waals surface area contributed by atoms with Gasteiger partial charge in [-0.25, -0.2) is 0 Å². The standard InChI is InChI=1S/C40H46N4/c1-25-15-27(3)37(28(4)16-25)41-11-13-43(23-41)39-31(7)19-35(20-32(39)8)36-21-33(9)40(34(10)22-36)44-14-12-42(24-44)38-29(5)17-26(2)18-30(38)6/h15-22H,11-14H2,1-10H3. The minimum atomic E-state index is 0.933. The number of hydrogen-bond donors (Lipinski definition) is 0. The molecule has 2 heterocycles. The summed E-state index contributed by atoms with van der Waals surface area (Å²) in [7, 11) is 0. The van der Waals surface area contributed by atoms with Crippen molar-refractivity contribution in [1.29, 1.82) is 0 Å². The molecule has 6 rings (SSSR count). The Morgan fingerprint density at radius 3 is 0.773 bits per heavy atom. The van der Waals surface area contributed by atoms with Crippen molar-refractivity contribution in [2.45, 2.75) is 69.2 Å². The van der Waals surface area contributed by atoms with E-state index in [1.807, 2.05) is 0 Å². The van der Waals surface area contributed by atoms with Crippen LogP contribution in [0.2, 0.25) is 0 Å². The van der Waals surface area contributed by atoms with Crippen molar-refractivity contribution in [3.8, 4) is 11.1 Å². The van der Waals surface area contributed by atoms with Crippen LogP contribution in [0.3, 0.4) is 0 Å². The van der Waals surface area contributed by atoms with Crippen LogP contribution in [0.15, 0.2) is 48.5 Å².